The molecule has 2 unspecified atom stereocenters. The number of fused-ring (bicyclic) bond motifs is 11. The molecule has 370 valence electrons. The molecule has 10 rings (SSSR count). The van der Waals surface area contributed by atoms with Gasteiger partial charge in [0.1, 0.15) is 0 Å². The number of likely N-dealkylation sites (N-methyl/N-ethyl adjacent to an activating group) is 1. The van der Waals surface area contributed by atoms with Gasteiger partial charge in [-0.05, 0) is 43.5 Å². The van der Waals surface area contributed by atoms with Gasteiger partial charge in [-0.1, -0.05) is 0 Å². The van der Waals surface area contributed by atoms with Crippen molar-refractivity contribution in [2.45, 2.75) is 11.8 Å². The first-order valence-electron chi connectivity index (χ1n) is 20.2. The molecule has 4 aliphatic rings. The molecule has 5 nitrogen and oxygen atoms in total. The molecule has 25 heteroatoms. The van der Waals surface area contributed by atoms with E-state index in [1.54, 1.807) is 0 Å². The Morgan fingerprint density at radius 2 is 0.542 bits per heavy atom. The van der Waals surface area contributed by atoms with Crippen molar-refractivity contribution in [1.29, 1.82) is 0 Å². The summed E-state index contributed by atoms with van der Waals surface area (Å²) in [5.41, 5.74) is -19.4. The molecule has 4 aliphatic heterocycles. The molecule has 6 heterocycles. The second-order valence-corrected chi connectivity index (χ2v) is 16.4. The molecular weight excluding hydrogens is 1010 g/mol. The van der Waals surface area contributed by atoms with E-state index in [1.807, 2.05) is 0 Å². The van der Waals surface area contributed by atoms with E-state index in [1.165, 1.54) is 11.9 Å². The van der Waals surface area contributed by atoms with E-state index in [0.717, 1.165) is 0 Å². The van der Waals surface area contributed by atoms with Crippen LogP contribution in [0, 0.1) is 116 Å². The third-order valence-electron chi connectivity index (χ3n) is 12.4. The van der Waals surface area contributed by atoms with Crippen LogP contribution in [0.3, 0.4) is 0 Å². The molecule has 2 atom stereocenters. The fourth-order valence-corrected chi connectivity index (χ4v) is 9.28. The first kappa shape index (κ1) is 48.0. The Labute approximate surface area is 386 Å². The van der Waals surface area contributed by atoms with Crippen LogP contribution in [0.25, 0.3) is 79.8 Å². The summed E-state index contributed by atoms with van der Waals surface area (Å²) in [6.07, 6.45) is 2.64. The van der Waals surface area contributed by atoms with Gasteiger partial charge in [-0.15, -0.1) is 0 Å². The van der Waals surface area contributed by atoms with E-state index in [2.05, 4.69) is 19.9 Å². The highest BCUT2D eigenvalue weighted by Crippen LogP contribution is 2.52. The summed E-state index contributed by atoms with van der Waals surface area (Å²) in [5, 5.41) is 0. The van der Waals surface area contributed by atoms with Crippen LogP contribution in [0.2, 0.25) is 0 Å². The molecule has 72 heavy (non-hydrogen) atoms. The van der Waals surface area contributed by atoms with Gasteiger partial charge >= 0.3 is 0 Å². The monoisotopic (exact) mass is 1030 g/mol. The van der Waals surface area contributed by atoms with Gasteiger partial charge < -0.3 is 14.9 Å². The number of halogens is 20. The number of nitrogens with one attached hydrogen (secondary N) is 2. The van der Waals surface area contributed by atoms with Crippen molar-refractivity contribution in [3.8, 4) is 44.5 Å². The molecule has 0 amide bonds. The number of likely N-dealkylation sites (tertiary alicyclic amines) is 1. The fraction of sp³-hybridized carbons (Fsp3) is 0.106. The third-order valence-corrected chi connectivity index (χ3v) is 12.4. The number of benzene rings is 4. The zero-order valence-corrected chi connectivity index (χ0v) is 34.9. The van der Waals surface area contributed by atoms with Crippen LogP contribution in [0.5, 0.6) is 0 Å². The summed E-state index contributed by atoms with van der Waals surface area (Å²) in [6.45, 7) is -0.726. The molecule has 1 saturated heterocycles. The van der Waals surface area contributed by atoms with Crippen molar-refractivity contribution in [1.82, 2.24) is 24.8 Å². The average Bonchev–Trinajstić information content (AvgIpc) is 4.23. The lowest BCUT2D eigenvalue weighted by Crippen LogP contribution is -2.15. The number of aromatic amines is 2. The lowest BCUT2D eigenvalue weighted by atomic mass is 9.86. The largest absolute Gasteiger partial charge is 0.361 e. The average molecular weight is 1030 g/mol. The second kappa shape index (κ2) is 16.7. The number of hydrogen-bond donors (Lipinski definition) is 2. The fourth-order valence-electron chi connectivity index (χ4n) is 9.28. The number of H-pyrrole nitrogens is 2. The van der Waals surface area contributed by atoms with E-state index in [9.17, 15) is 17.6 Å². The highest BCUT2D eigenvalue weighted by atomic mass is 19.2. The Hall–Kier alpha value is -7.70. The van der Waals surface area contributed by atoms with Crippen molar-refractivity contribution in [3.63, 3.8) is 0 Å². The van der Waals surface area contributed by atoms with Gasteiger partial charge in [0.25, 0.3) is 0 Å². The number of aromatic nitrogens is 4. The molecule has 0 radical (unpaired) electrons. The maximum atomic E-state index is 16.2. The van der Waals surface area contributed by atoms with Gasteiger partial charge in [0, 0.05) is 69.6 Å². The summed E-state index contributed by atoms with van der Waals surface area (Å²) in [7, 11) is 1.36. The smallest absolute Gasteiger partial charge is 0.200 e. The topological polar surface area (TPSA) is 60.6 Å². The van der Waals surface area contributed by atoms with Gasteiger partial charge in [0.2, 0.25) is 23.3 Å². The zero-order chi connectivity index (χ0) is 52.0. The molecule has 0 saturated carbocycles. The van der Waals surface area contributed by atoms with Crippen LogP contribution in [0.4, 0.5) is 87.8 Å². The lowest BCUT2D eigenvalue weighted by Gasteiger charge is -2.16. The molecule has 1 fully saturated rings. The van der Waals surface area contributed by atoms with Gasteiger partial charge in [0.15, 0.2) is 93.1 Å². The molecular formula is C47H17F20N5. The highest BCUT2D eigenvalue weighted by molar-refractivity contribution is 5.97. The van der Waals surface area contributed by atoms with Gasteiger partial charge in [0.05, 0.1) is 45.0 Å². The lowest BCUT2D eigenvalue weighted by molar-refractivity contribution is 0.381. The van der Waals surface area contributed by atoms with Crippen LogP contribution in [-0.2, 0) is 0 Å². The SMILES string of the molecule is CN1CC2c3[nH]c(c(-c4c(F)c(F)c(F)c(F)c4F)c4nc(c(-c5c(F)c(F)c(F)c(F)c5F)c5ccc([nH]5)c(-c5c(F)c(F)c(F)c(F)c5F)c5nc(c3-c3c(F)c(F)c(F)c(F)c3F)C=C5)C=C4)C2C1. The Kier molecular flexibility index (Phi) is 11.1. The Bertz CT molecular complexity index is 3410. The Morgan fingerprint density at radius 1 is 0.319 bits per heavy atom. The van der Waals surface area contributed by atoms with Gasteiger partial charge in [-0.3, -0.25) is 0 Å². The van der Waals surface area contributed by atoms with Crippen LogP contribution in [0.15, 0.2) is 12.1 Å². The maximum absolute atomic E-state index is 16.2. The van der Waals surface area contributed by atoms with Crippen LogP contribution < -0.4 is 0 Å². The second-order valence-electron chi connectivity index (χ2n) is 16.4. The zero-order valence-electron chi connectivity index (χ0n) is 34.9. The van der Waals surface area contributed by atoms with Crippen LogP contribution >= 0.6 is 0 Å². The molecule has 2 N–H and O–H groups in total. The maximum Gasteiger partial charge on any atom is 0.200 e. The summed E-state index contributed by atoms with van der Waals surface area (Å²) >= 11 is 0. The van der Waals surface area contributed by atoms with E-state index < -0.39 is 218 Å². The summed E-state index contributed by atoms with van der Waals surface area (Å²) < 4.78 is 308. The number of nitrogens with zero attached hydrogens (tertiary/aromatic N) is 3. The first-order chi connectivity index (χ1) is 34.0. The van der Waals surface area contributed by atoms with E-state index in [4.69, 9.17) is 0 Å². The molecule has 0 aliphatic carbocycles. The normalized spacial score (nSPS) is 15.8. The highest BCUT2D eigenvalue weighted by Gasteiger charge is 2.45. The Balaban J connectivity index is 1.53. The van der Waals surface area contributed by atoms with Crippen LogP contribution in [0.1, 0.15) is 46.0 Å². The predicted octanol–water partition coefficient (Wildman–Crippen LogP) is 13.6. The van der Waals surface area contributed by atoms with E-state index >= 15 is 70.2 Å². The van der Waals surface area contributed by atoms with Crippen molar-refractivity contribution in [2.24, 2.45) is 0 Å². The Morgan fingerprint density at radius 3 is 0.806 bits per heavy atom. The number of hydrogen-bond acceptors (Lipinski definition) is 3. The van der Waals surface area contributed by atoms with Gasteiger partial charge in [-0.2, -0.15) is 0 Å². The van der Waals surface area contributed by atoms with Crippen molar-refractivity contribution in [2.75, 3.05) is 20.1 Å². The molecule has 4 aromatic carbocycles. The quantitative estimate of drug-likeness (QED) is 0.105. The minimum atomic E-state index is -2.71. The molecule has 0 spiro atoms. The molecule has 6 aromatic rings. The molecule has 2 aromatic heterocycles. The van der Waals surface area contributed by atoms with Crippen LogP contribution in [-0.4, -0.2) is 45.0 Å². The molecule has 8 bridgehead atoms. The van der Waals surface area contributed by atoms with Crippen molar-refractivity contribution >= 4 is 35.3 Å². The summed E-state index contributed by atoms with van der Waals surface area (Å²) in [6, 6.07) is 1.30. The van der Waals surface area contributed by atoms with E-state index in [0.29, 0.717) is 36.4 Å². The number of rotatable bonds is 4. The van der Waals surface area contributed by atoms with E-state index in [-0.39, 0.29) is 13.1 Å². The standard InChI is InChI=1S/C47H17F20N5/c1-72-8-10-11(9-72)47-21(25-32(54)40(62)45(67)41(63)33(25)55)17-7-5-15(70-17)19(23-28(50)36(58)43(65)37(59)29(23)51)13-3-2-12(68-13)18(22-26(48)34(56)42(64)35(57)27(22)49)14-4-6-16(69-14)20(46(10)71-47)24-30(52)38(60)44(66)39(61)31(24)53/h2-7,10-11,68,71H,8-9H2,1H3. The summed E-state index contributed by atoms with van der Waals surface area (Å²) in [4.78, 5) is 14.4. The van der Waals surface area contributed by atoms with Gasteiger partial charge in [-0.25, -0.2) is 97.8 Å². The summed E-state index contributed by atoms with van der Waals surface area (Å²) in [5.74, 6) is -55.1. The van der Waals surface area contributed by atoms with Crippen molar-refractivity contribution < 1.29 is 87.8 Å². The predicted molar refractivity (Wildman–Crippen MR) is 214 cm³/mol. The minimum Gasteiger partial charge on any atom is -0.361 e. The first-order valence-corrected chi connectivity index (χ1v) is 20.2. The van der Waals surface area contributed by atoms with Crippen molar-refractivity contribution in [3.05, 3.63) is 163 Å². The minimum absolute atomic E-state index is 0.363. The third kappa shape index (κ3) is 6.67.